The van der Waals surface area contributed by atoms with Gasteiger partial charge in [0.2, 0.25) is 0 Å². The predicted octanol–water partition coefficient (Wildman–Crippen LogP) is 6.06. The molecule has 21 heavy (non-hydrogen) atoms. The van der Waals surface area contributed by atoms with Crippen LogP contribution in [0.15, 0.2) is 46.9 Å². The Morgan fingerprint density at radius 1 is 1.24 bits per heavy atom. The van der Waals surface area contributed by atoms with Gasteiger partial charge < -0.3 is 10.1 Å². The number of benzene rings is 2. The molecule has 1 unspecified atom stereocenters. The van der Waals surface area contributed by atoms with Crippen molar-refractivity contribution in [2.45, 2.75) is 25.8 Å². The van der Waals surface area contributed by atoms with Crippen molar-refractivity contribution in [2.24, 2.45) is 0 Å². The fourth-order valence-corrected chi connectivity index (χ4v) is 3.33. The van der Waals surface area contributed by atoms with Gasteiger partial charge in [0, 0.05) is 5.02 Å². The van der Waals surface area contributed by atoms with Gasteiger partial charge in [-0.3, -0.25) is 0 Å². The second-order valence-electron chi connectivity index (χ2n) is 4.86. The molecule has 112 valence electrons. The second kappa shape index (κ2) is 7.71. The van der Waals surface area contributed by atoms with Gasteiger partial charge in [-0.1, -0.05) is 55.3 Å². The highest BCUT2D eigenvalue weighted by molar-refractivity contribution is 9.10. The summed E-state index contributed by atoms with van der Waals surface area (Å²) in [6.07, 6.45) is 2.13. The van der Waals surface area contributed by atoms with E-state index in [1.807, 2.05) is 18.2 Å². The molecular weight excluding hydrogens is 350 g/mol. The molecule has 2 nitrogen and oxygen atoms in total. The van der Waals surface area contributed by atoms with Gasteiger partial charge in [0.05, 0.1) is 23.3 Å². The van der Waals surface area contributed by atoms with E-state index in [1.54, 1.807) is 7.11 Å². The van der Waals surface area contributed by atoms with E-state index in [-0.39, 0.29) is 6.04 Å². The molecule has 0 aliphatic rings. The van der Waals surface area contributed by atoms with Crippen LogP contribution < -0.4 is 10.1 Å². The third kappa shape index (κ3) is 4.14. The Morgan fingerprint density at radius 2 is 1.95 bits per heavy atom. The quantitative estimate of drug-likeness (QED) is 0.668. The van der Waals surface area contributed by atoms with E-state index in [1.165, 1.54) is 5.56 Å². The Balaban J connectivity index is 2.33. The molecule has 1 N–H and O–H groups in total. The minimum absolute atomic E-state index is 0.232. The number of halogens is 2. The topological polar surface area (TPSA) is 21.3 Å². The average molecular weight is 369 g/mol. The molecule has 0 aliphatic heterocycles. The van der Waals surface area contributed by atoms with Gasteiger partial charge in [-0.15, -0.1) is 0 Å². The molecule has 0 aromatic heterocycles. The molecule has 2 aromatic rings. The molecule has 4 heteroatoms. The highest BCUT2D eigenvalue weighted by Crippen LogP contribution is 2.38. The van der Waals surface area contributed by atoms with Crippen molar-refractivity contribution in [1.82, 2.24) is 0 Å². The summed E-state index contributed by atoms with van der Waals surface area (Å²) in [4.78, 5) is 0. The lowest BCUT2D eigenvalue weighted by Gasteiger charge is -2.22. The summed E-state index contributed by atoms with van der Waals surface area (Å²) in [6, 6.07) is 14.4. The van der Waals surface area contributed by atoms with Gasteiger partial charge >= 0.3 is 0 Å². The third-order valence-corrected chi connectivity index (χ3v) is 4.13. The van der Waals surface area contributed by atoms with E-state index in [0.717, 1.165) is 28.8 Å². The van der Waals surface area contributed by atoms with Crippen LogP contribution in [0.25, 0.3) is 0 Å². The van der Waals surface area contributed by atoms with E-state index < -0.39 is 0 Å². The van der Waals surface area contributed by atoms with Crippen molar-refractivity contribution in [3.63, 3.8) is 0 Å². The van der Waals surface area contributed by atoms with Crippen LogP contribution in [0.3, 0.4) is 0 Å². The molecule has 0 saturated carbocycles. The van der Waals surface area contributed by atoms with E-state index in [9.17, 15) is 0 Å². The van der Waals surface area contributed by atoms with Gasteiger partial charge in [-0.05, 0) is 40.0 Å². The molecule has 0 bridgehead atoms. The molecule has 0 saturated heterocycles. The second-order valence-corrected chi connectivity index (χ2v) is 6.16. The lowest BCUT2D eigenvalue weighted by atomic mass is 10.0. The first-order chi connectivity index (χ1) is 10.2. The minimum Gasteiger partial charge on any atom is -0.493 e. The normalized spacial score (nSPS) is 12.0. The Labute approximate surface area is 139 Å². The van der Waals surface area contributed by atoms with Crippen molar-refractivity contribution >= 4 is 33.2 Å². The van der Waals surface area contributed by atoms with Crippen LogP contribution in [0.5, 0.6) is 5.75 Å². The molecule has 0 radical (unpaired) electrons. The summed E-state index contributed by atoms with van der Waals surface area (Å²) in [5.41, 5.74) is 2.16. The first-order valence-electron chi connectivity index (χ1n) is 7.00. The summed E-state index contributed by atoms with van der Waals surface area (Å²) < 4.78 is 6.33. The molecule has 0 amide bonds. The van der Waals surface area contributed by atoms with Crippen molar-refractivity contribution < 1.29 is 4.74 Å². The zero-order valence-corrected chi connectivity index (χ0v) is 14.5. The van der Waals surface area contributed by atoms with Gasteiger partial charge in [0.25, 0.3) is 0 Å². The third-order valence-electron chi connectivity index (χ3n) is 3.32. The van der Waals surface area contributed by atoms with Crippen LogP contribution in [0.2, 0.25) is 5.02 Å². The van der Waals surface area contributed by atoms with E-state index >= 15 is 0 Å². The van der Waals surface area contributed by atoms with Crippen LogP contribution in [0, 0.1) is 0 Å². The minimum atomic E-state index is 0.232. The Kier molecular flexibility index (Phi) is 5.95. The van der Waals surface area contributed by atoms with Crippen LogP contribution in [0.4, 0.5) is 5.69 Å². The molecule has 2 rings (SSSR count). The SMILES string of the molecule is CCCC(Nc1cc(Cl)cc(Br)c1OC)c1ccccc1. The maximum atomic E-state index is 6.16. The van der Waals surface area contributed by atoms with Crippen molar-refractivity contribution in [2.75, 3.05) is 12.4 Å². The first kappa shape index (κ1) is 16.2. The Hall–Kier alpha value is -1.19. The fourth-order valence-electron chi connectivity index (χ4n) is 2.36. The van der Waals surface area contributed by atoms with Crippen LogP contribution in [-0.2, 0) is 0 Å². The number of rotatable bonds is 6. The smallest absolute Gasteiger partial charge is 0.156 e. The molecule has 0 aliphatic carbocycles. The first-order valence-corrected chi connectivity index (χ1v) is 8.17. The summed E-state index contributed by atoms with van der Waals surface area (Å²) in [5.74, 6) is 0.774. The molecule has 0 fully saturated rings. The predicted molar refractivity (Wildman–Crippen MR) is 93.4 cm³/mol. The summed E-state index contributed by atoms with van der Waals surface area (Å²) >= 11 is 9.65. The van der Waals surface area contributed by atoms with E-state index in [2.05, 4.69) is 52.4 Å². The maximum Gasteiger partial charge on any atom is 0.156 e. The number of ether oxygens (including phenoxy) is 1. The Bertz CT molecular complexity index is 589. The van der Waals surface area contributed by atoms with Crippen molar-refractivity contribution in [3.05, 3.63) is 57.5 Å². The number of hydrogen-bond acceptors (Lipinski definition) is 2. The van der Waals surface area contributed by atoms with E-state index in [4.69, 9.17) is 16.3 Å². The van der Waals surface area contributed by atoms with E-state index in [0.29, 0.717) is 5.02 Å². The maximum absolute atomic E-state index is 6.16. The zero-order valence-electron chi connectivity index (χ0n) is 12.2. The van der Waals surface area contributed by atoms with Gasteiger partial charge in [0.1, 0.15) is 0 Å². The molecule has 0 heterocycles. The summed E-state index contributed by atoms with van der Waals surface area (Å²) in [6.45, 7) is 2.18. The van der Waals surface area contributed by atoms with Crippen LogP contribution in [0.1, 0.15) is 31.4 Å². The highest BCUT2D eigenvalue weighted by atomic mass is 79.9. The van der Waals surface area contributed by atoms with Crippen molar-refractivity contribution in [1.29, 1.82) is 0 Å². The monoisotopic (exact) mass is 367 g/mol. The number of methoxy groups -OCH3 is 1. The number of hydrogen-bond donors (Lipinski definition) is 1. The van der Waals surface area contributed by atoms with Gasteiger partial charge in [-0.2, -0.15) is 0 Å². The van der Waals surface area contributed by atoms with Crippen LogP contribution >= 0.6 is 27.5 Å². The van der Waals surface area contributed by atoms with Crippen LogP contribution in [-0.4, -0.2) is 7.11 Å². The van der Waals surface area contributed by atoms with Gasteiger partial charge in [-0.25, -0.2) is 0 Å². The summed E-state index contributed by atoms with van der Waals surface area (Å²) in [5, 5.41) is 4.23. The zero-order chi connectivity index (χ0) is 15.2. The molecule has 2 aromatic carbocycles. The summed E-state index contributed by atoms with van der Waals surface area (Å²) in [7, 11) is 1.66. The Morgan fingerprint density at radius 3 is 2.57 bits per heavy atom. The lowest BCUT2D eigenvalue weighted by molar-refractivity contribution is 0.413. The number of nitrogens with one attached hydrogen (secondary N) is 1. The molecule has 1 atom stereocenters. The number of anilines is 1. The highest BCUT2D eigenvalue weighted by Gasteiger charge is 2.15. The van der Waals surface area contributed by atoms with Crippen molar-refractivity contribution in [3.8, 4) is 5.75 Å². The standard InChI is InChI=1S/C17H19BrClNO/c1-3-7-15(12-8-5-4-6-9-12)20-16-11-13(19)10-14(18)17(16)21-2/h4-6,8-11,15,20H,3,7H2,1-2H3. The van der Waals surface area contributed by atoms with Gasteiger partial charge in [0.15, 0.2) is 5.75 Å². The molecule has 0 spiro atoms. The molecular formula is C17H19BrClNO. The largest absolute Gasteiger partial charge is 0.493 e. The average Bonchev–Trinajstić information content (AvgIpc) is 2.47. The fraction of sp³-hybridized carbons (Fsp3) is 0.294. The lowest BCUT2D eigenvalue weighted by Crippen LogP contribution is -2.11.